The van der Waals surface area contributed by atoms with Crippen LogP contribution in [0.15, 0.2) is 24.7 Å². The van der Waals surface area contributed by atoms with Gasteiger partial charge in [0.05, 0.1) is 30.7 Å². The van der Waals surface area contributed by atoms with Crippen molar-refractivity contribution in [3.63, 3.8) is 0 Å². The molecule has 0 aliphatic carbocycles. The molecule has 2 rings (SSSR count). The Morgan fingerprint density at radius 3 is 2.65 bits per heavy atom. The van der Waals surface area contributed by atoms with Gasteiger partial charge in [-0.1, -0.05) is 12.6 Å². The molecule has 1 aromatic rings. The number of hydrogen-bond donors (Lipinski definition) is 0. The summed E-state index contributed by atoms with van der Waals surface area (Å²) >= 11 is 0. The second-order valence-corrected chi connectivity index (χ2v) is 4.93. The third-order valence-corrected chi connectivity index (χ3v) is 3.20. The van der Waals surface area contributed by atoms with E-state index in [0.29, 0.717) is 0 Å². The van der Waals surface area contributed by atoms with Crippen molar-refractivity contribution in [2.45, 2.75) is 38.9 Å². The molecule has 0 saturated carbocycles. The standard InChI is InChI=1S/C13H18BNO2/c1-6-10-8-7-9-11(15-10)14-16-12(2,3)13(4,5)17-14/h6-9H,1H2,2-5H3/i1D2,6D,7D,8D,9D. The van der Waals surface area contributed by atoms with E-state index in [1.807, 2.05) is 27.7 Å². The zero-order valence-electron chi connectivity index (χ0n) is 16.3. The van der Waals surface area contributed by atoms with Crippen LogP contribution in [0.3, 0.4) is 0 Å². The van der Waals surface area contributed by atoms with Crippen molar-refractivity contribution in [1.29, 1.82) is 0 Å². The monoisotopic (exact) mass is 237 g/mol. The Morgan fingerprint density at radius 1 is 1.41 bits per heavy atom. The van der Waals surface area contributed by atoms with E-state index in [1.165, 1.54) is 0 Å². The molecule has 0 bridgehead atoms. The maximum Gasteiger partial charge on any atom is 0.514 e. The molecule has 1 saturated heterocycles. The first-order valence-electron chi connectivity index (χ1n) is 8.37. The quantitative estimate of drug-likeness (QED) is 0.737. The zero-order chi connectivity index (χ0) is 17.7. The van der Waals surface area contributed by atoms with Gasteiger partial charge in [-0.3, -0.25) is 4.98 Å². The van der Waals surface area contributed by atoms with Crippen LogP contribution in [0, 0.1) is 0 Å². The molecular weight excluding hydrogens is 213 g/mol. The molecule has 0 radical (unpaired) electrons. The molecule has 4 heteroatoms. The molecule has 0 atom stereocenters. The lowest BCUT2D eigenvalue weighted by Crippen LogP contribution is -2.41. The summed E-state index contributed by atoms with van der Waals surface area (Å²) in [6.07, 6.45) is 0. The summed E-state index contributed by atoms with van der Waals surface area (Å²) in [4.78, 5) is 4.04. The first-order chi connectivity index (χ1) is 10.4. The van der Waals surface area contributed by atoms with Gasteiger partial charge < -0.3 is 9.31 Å². The molecule has 0 N–H and O–H groups in total. The predicted molar refractivity (Wildman–Crippen MR) is 70.0 cm³/mol. The summed E-state index contributed by atoms with van der Waals surface area (Å²) in [7, 11) is -1.01. The minimum Gasteiger partial charge on any atom is -0.398 e. The molecule has 1 aromatic heterocycles. The average Bonchev–Trinajstić information content (AvgIpc) is 2.64. The Morgan fingerprint density at radius 2 is 2.06 bits per heavy atom. The number of nitrogens with zero attached hydrogens (tertiary/aromatic N) is 1. The van der Waals surface area contributed by atoms with Gasteiger partial charge in [-0.25, -0.2) is 0 Å². The Balaban J connectivity index is 2.60. The van der Waals surface area contributed by atoms with E-state index in [2.05, 4.69) is 4.98 Å². The molecule has 0 spiro atoms. The van der Waals surface area contributed by atoms with Crippen LogP contribution in [0.4, 0.5) is 0 Å². The van der Waals surface area contributed by atoms with Gasteiger partial charge in [0.1, 0.15) is 0 Å². The summed E-state index contributed by atoms with van der Waals surface area (Å²) in [5, 5.41) is 0. The third-order valence-electron chi connectivity index (χ3n) is 3.20. The van der Waals surface area contributed by atoms with Crippen molar-refractivity contribution in [1.82, 2.24) is 4.98 Å². The topological polar surface area (TPSA) is 31.4 Å². The lowest BCUT2D eigenvalue weighted by Gasteiger charge is -2.32. The number of pyridine rings is 1. The van der Waals surface area contributed by atoms with Crippen molar-refractivity contribution in [2.75, 3.05) is 0 Å². The average molecular weight is 237 g/mol. The molecule has 0 aromatic carbocycles. The second-order valence-electron chi connectivity index (χ2n) is 4.93. The van der Waals surface area contributed by atoms with Gasteiger partial charge in [-0.15, -0.1) is 0 Å². The van der Waals surface area contributed by atoms with Crippen LogP contribution >= 0.6 is 0 Å². The molecule has 1 aliphatic heterocycles. The van der Waals surface area contributed by atoms with Crippen LogP contribution in [0.5, 0.6) is 0 Å². The molecule has 1 aliphatic rings. The molecule has 0 amide bonds. The fraction of sp³-hybridized carbons (Fsp3) is 0.462. The van der Waals surface area contributed by atoms with Crippen LogP contribution in [0.25, 0.3) is 6.05 Å². The fourth-order valence-electron chi connectivity index (χ4n) is 1.46. The Kier molecular flexibility index (Phi) is 1.57. The Labute approximate surface area is 111 Å². The van der Waals surface area contributed by atoms with Crippen LogP contribution in [-0.4, -0.2) is 23.3 Å². The van der Waals surface area contributed by atoms with Gasteiger partial charge in [-0.2, -0.15) is 0 Å². The summed E-state index contributed by atoms with van der Waals surface area (Å²) in [5.41, 5.74) is -1.64. The van der Waals surface area contributed by atoms with E-state index < -0.39 is 43.0 Å². The van der Waals surface area contributed by atoms with E-state index >= 15 is 0 Å². The van der Waals surface area contributed by atoms with Gasteiger partial charge in [0.25, 0.3) is 0 Å². The molecule has 90 valence electrons. The van der Waals surface area contributed by atoms with E-state index in [4.69, 9.17) is 17.5 Å². The van der Waals surface area contributed by atoms with E-state index in [1.54, 1.807) is 0 Å². The minimum atomic E-state index is -1.01. The molecule has 2 heterocycles. The minimum absolute atomic E-state index is 0.0225. The molecule has 0 unspecified atom stereocenters. The maximum absolute atomic E-state index is 8.00. The van der Waals surface area contributed by atoms with Crippen LogP contribution < -0.4 is 5.59 Å². The lowest BCUT2D eigenvalue weighted by atomic mass is 9.84. The van der Waals surface area contributed by atoms with Crippen molar-refractivity contribution in [2.24, 2.45) is 0 Å². The van der Waals surface area contributed by atoms with Crippen molar-refractivity contribution < 1.29 is 17.5 Å². The molecule has 1 fully saturated rings. The first-order valence-corrected chi connectivity index (χ1v) is 5.37. The van der Waals surface area contributed by atoms with Gasteiger partial charge >= 0.3 is 7.12 Å². The Hall–Kier alpha value is -1.13. The highest BCUT2D eigenvalue weighted by molar-refractivity contribution is 6.61. The largest absolute Gasteiger partial charge is 0.514 e. The maximum atomic E-state index is 8.00. The first kappa shape index (κ1) is 6.71. The summed E-state index contributed by atoms with van der Waals surface area (Å²) in [6.45, 7) is 6.51. The number of aromatic nitrogens is 1. The number of rotatable bonds is 2. The highest BCUT2D eigenvalue weighted by Crippen LogP contribution is 2.36. The SMILES string of the molecule is [2H]C([2H])=C([2H])c1nc(B2OC(C)(C)C(C)(C)O2)c([2H])c([2H])c1[2H]. The van der Waals surface area contributed by atoms with Gasteiger partial charge in [-0.05, 0) is 45.8 Å². The molecule has 17 heavy (non-hydrogen) atoms. The smallest absolute Gasteiger partial charge is 0.398 e. The Bertz CT molecular complexity index is 672. The second kappa shape index (κ2) is 3.96. The summed E-state index contributed by atoms with van der Waals surface area (Å²) < 4.78 is 57.4. The highest BCUT2D eigenvalue weighted by Gasteiger charge is 2.52. The van der Waals surface area contributed by atoms with Crippen LogP contribution in [0.1, 0.15) is 41.6 Å². The van der Waals surface area contributed by atoms with Gasteiger partial charge in [0.2, 0.25) is 0 Å². The predicted octanol–water partition coefficient (Wildman–Crippen LogP) is 2.02. The molecule has 3 nitrogen and oxygen atoms in total. The van der Waals surface area contributed by atoms with Gasteiger partial charge in [0.15, 0.2) is 0 Å². The highest BCUT2D eigenvalue weighted by atomic mass is 16.7. The lowest BCUT2D eigenvalue weighted by molar-refractivity contribution is 0.00578. The van der Waals surface area contributed by atoms with Crippen LogP contribution in [0.2, 0.25) is 0 Å². The van der Waals surface area contributed by atoms with E-state index in [-0.39, 0.29) is 17.3 Å². The third kappa shape index (κ3) is 2.15. The normalized spacial score (nSPS) is 26.2. The van der Waals surface area contributed by atoms with E-state index in [9.17, 15) is 0 Å². The van der Waals surface area contributed by atoms with Crippen molar-refractivity contribution >= 4 is 18.8 Å². The van der Waals surface area contributed by atoms with Crippen LogP contribution in [-0.2, 0) is 9.31 Å². The van der Waals surface area contributed by atoms with Gasteiger partial charge in [0, 0.05) is 0 Å². The van der Waals surface area contributed by atoms with Crippen molar-refractivity contribution in [3.8, 4) is 0 Å². The number of hydrogen-bond acceptors (Lipinski definition) is 3. The molecular formula is C13H18BNO2. The fourth-order valence-corrected chi connectivity index (χ4v) is 1.46. The van der Waals surface area contributed by atoms with Crippen molar-refractivity contribution in [3.05, 3.63) is 30.4 Å². The summed E-state index contributed by atoms with van der Waals surface area (Å²) in [5.74, 6) is 0. The van der Waals surface area contributed by atoms with E-state index in [0.717, 1.165) is 0 Å². The summed E-state index contributed by atoms with van der Waals surface area (Å²) in [6, 6.07) is -1.80. The zero-order valence-corrected chi connectivity index (χ0v) is 10.3.